The third kappa shape index (κ3) is 6.53. The van der Waals surface area contributed by atoms with Crippen molar-refractivity contribution < 1.29 is 58.3 Å². The highest BCUT2D eigenvalue weighted by atomic mass is 16.6. The maximum atomic E-state index is 14.0. The lowest BCUT2D eigenvalue weighted by Gasteiger charge is -2.39. The Kier molecular flexibility index (Phi) is 9.63. The number of pyridine rings is 1. The van der Waals surface area contributed by atoms with Crippen molar-refractivity contribution in [2.75, 3.05) is 39.9 Å². The first kappa shape index (κ1) is 32.8. The van der Waals surface area contributed by atoms with E-state index in [2.05, 4.69) is 4.98 Å². The summed E-state index contributed by atoms with van der Waals surface area (Å²) in [6, 6.07) is 2.12. The van der Waals surface area contributed by atoms with E-state index in [9.17, 15) is 44.1 Å². The fourth-order valence-corrected chi connectivity index (χ4v) is 5.45. The number of carbonyl (C=O) groups is 6. The van der Waals surface area contributed by atoms with Crippen molar-refractivity contribution in [3.8, 4) is 11.5 Å². The number of carboxylic acid groups (broad SMARTS) is 3. The molecular formula is C29H34N4O12. The van der Waals surface area contributed by atoms with E-state index in [0.717, 1.165) is 12.1 Å². The number of hydrogen-bond donors (Lipinski definition) is 4. The number of nitrogens with zero attached hydrogens (tertiary/aromatic N) is 3. The lowest BCUT2D eigenvalue weighted by Crippen LogP contribution is -2.52. The van der Waals surface area contributed by atoms with Crippen molar-refractivity contribution in [3.05, 3.63) is 29.0 Å². The number of aliphatic carboxylic acids is 2. The fraction of sp³-hybridized carbons (Fsp3) is 0.483. The number of primary amides is 1. The van der Waals surface area contributed by atoms with Crippen molar-refractivity contribution in [1.29, 1.82) is 0 Å². The Hall–Kier alpha value is -5.15. The minimum Gasteiger partial charge on any atom is -0.491 e. The molecular weight excluding hydrogens is 596 g/mol. The van der Waals surface area contributed by atoms with Gasteiger partial charge in [0.05, 0.1) is 47.4 Å². The Morgan fingerprint density at radius 2 is 1.64 bits per heavy atom. The Morgan fingerprint density at radius 1 is 1.00 bits per heavy atom. The quantitative estimate of drug-likeness (QED) is 0.261. The Morgan fingerprint density at radius 3 is 2.13 bits per heavy atom. The minimum absolute atomic E-state index is 0.0948. The number of ether oxygens (including phenoxy) is 3. The second kappa shape index (κ2) is 13.2. The fourth-order valence-electron chi connectivity index (χ4n) is 5.45. The number of fused-ring (bicyclic) bond motifs is 1. The van der Waals surface area contributed by atoms with Crippen LogP contribution in [0.4, 0.5) is 4.79 Å². The highest BCUT2D eigenvalue weighted by Gasteiger charge is 2.49. The predicted molar refractivity (Wildman–Crippen MR) is 153 cm³/mol. The number of nitrogens with two attached hydrogens (primary N) is 1. The highest BCUT2D eigenvalue weighted by Crippen LogP contribution is 2.48. The van der Waals surface area contributed by atoms with Crippen molar-refractivity contribution in [3.63, 3.8) is 0 Å². The molecule has 2 fully saturated rings. The van der Waals surface area contributed by atoms with E-state index >= 15 is 0 Å². The molecule has 1 saturated carbocycles. The summed E-state index contributed by atoms with van der Waals surface area (Å²) in [4.78, 5) is 82.1. The van der Waals surface area contributed by atoms with E-state index in [0.29, 0.717) is 6.42 Å². The Balaban J connectivity index is 1.91. The van der Waals surface area contributed by atoms with Gasteiger partial charge in [-0.2, -0.15) is 0 Å². The molecule has 2 aliphatic rings. The van der Waals surface area contributed by atoms with Gasteiger partial charge in [0, 0.05) is 32.6 Å². The van der Waals surface area contributed by atoms with Gasteiger partial charge in [0.25, 0.3) is 0 Å². The van der Waals surface area contributed by atoms with E-state index in [1.165, 1.54) is 16.9 Å². The molecule has 1 aromatic heterocycles. The smallest absolute Gasteiger partial charge is 0.409 e. The van der Waals surface area contributed by atoms with Gasteiger partial charge in [0.15, 0.2) is 11.5 Å². The largest absolute Gasteiger partial charge is 0.491 e. The SMILES string of the molecule is CCOC(=O)N1CCN(C(=O)C(CCC(=O)O)c2nc3cc(C(=O)O)cc(C(N)=O)c3c(OC3(C(=O)O)CCC3)c2OC)CC1. The third-order valence-electron chi connectivity index (χ3n) is 7.98. The van der Waals surface area contributed by atoms with Gasteiger partial charge in [-0.25, -0.2) is 19.4 Å². The molecule has 1 aliphatic carbocycles. The Bertz CT molecular complexity index is 1550. The van der Waals surface area contributed by atoms with Gasteiger partial charge in [-0.3, -0.25) is 14.4 Å². The van der Waals surface area contributed by atoms with Crippen molar-refractivity contribution in [1.82, 2.24) is 14.8 Å². The number of benzene rings is 1. The monoisotopic (exact) mass is 630 g/mol. The van der Waals surface area contributed by atoms with Gasteiger partial charge in [-0.15, -0.1) is 0 Å². The van der Waals surface area contributed by atoms with Crippen molar-refractivity contribution in [2.45, 2.75) is 50.5 Å². The number of rotatable bonds is 12. The van der Waals surface area contributed by atoms with E-state index in [1.807, 2.05) is 0 Å². The van der Waals surface area contributed by atoms with Crippen LogP contribution >= 0.6 is 0 Å². The molecule has 45 heavy (non-hydrogen) atoms. The number of amides is 3. The summed E-state index contributed by atoms with van der Waals surface area (Å²) in [5, 5.41) is 29.2. The molecule has 2 aromatic rings. The molecule has 1 saturated heterocycles. The van der Waals surface area contributed by atoms with Crippen LogP contribution < -0.4 is 15.2 Å². The van der Waals surface area contributed by atoms with Crippen LogP contribution in [0.2, 0.25) is 0 Å². The molecule has 1 atom stereocenters. The summed E-state index contributed by atoms with van der Waals surface area (Å²) in [5.74, 6) is -7.33. The van der Waals surface area contributed by atoms with Gasteiger partial charge in [0.2, 0.25) is 17.4 Å². The number of methoxy groups -OCH3 is 1. The van der Waals surface area contributed by atoms with Crippen LogP contribution in [-0.2, 0) is 19.1 Å². The number of aromatic carboxylic acids is 1. The van der Waals surface area contributed by atoms with Gasteiger partial charge in [-0.1, -0.05) is 0 Å². The van der Waals surface area contributed by atoms with Gasteiger partial charge in [-0.05, 0) is 44.7 Å². The number of carboxylic acids is 3. The molecule has 5 N–H and O–H groups in total. The van der Waals surface area contributed by atoms with E-state index in [1.54, 1.807) is 6.92 Å². The summed E-state index contributed by atoms with van der Waals surface area (Å²) in [6.07, 6.45) is -0.542. The van der Waals surface area contributed by atoms with Crippen LogP contribution in [-0.4, -0.2) is 111 Å². The molecule has 0 bridgehead atoms. The molecule has 0 spiro atoms. The average Bonchev–Trinajstić information content (AvgIpc) is 2.97. The molecule has 242 valence electrons. The van der Waals surface area contributed by atoms with Crippen LogP contribution in [0.3, 0.4) is 0 Å². The number of carbonyl (C=O) groups excluding carboxylic acids is 3. The molecule has 3 amide bonds. The average molecular weight is 631 g/mol. The van der Waals surface area contributed by atoms with Crippen LogP contribution in [0.25, 0.3) is 10.9 Å². The zero-order valence-electron chi connectivity index (χ0n) is 24.7. The molecule has 4 rings (SSSR count). The van der Waals surface area contributed by atoms with E-state index in [4.69, 9.17) is 19.9 Å². The summed E-state index contributed by atoms with van der Waals surface area (Å²) >= 11 is 0. The van der Waals surface area contributed by atoms with Gasteiger partial charge >= 0.3 is 24.0 Å². The standard InChI is InChI=1S/C29H34N4O12/c1-3-44-28(42)33-11-9-32(10-12-33)25(37)16(5-6-19(34)35)21-23(43-2)22(45-29(27(40)41)7-4-8-29)20-17(24(30)36)13-15(26(38)39)14-18(20)31-21/h13-14,16H,3-12H2,1-2H3,(H2,30,36)(H,34,35)(H,38,39)(H,40,41). The first-order valence-corrected chi connectivity index (χ1v) is 14.3. The van der Waals surface area contributed by atoms with Gasteiger partial charge < -0.3 is 45.1 Å². The molecule has 0 radical (unpaired) electrons. The van der Waals surface area contributed by atoms with Crippen molar-refractivity contribution in [2.24, 2.45) is 5.73 Å². The molecule has 1 aliphatic heterocycles. The topological polar surface area (TPSA) is 236 Å². The number of piperazine rings is 1. The van der Waals surface area contributed by atoms with Crippen molar-refractivity contribution >= 4 is 46.7 Å². The minimum atomic E-state index is -1.72. The maximum Gasteiger partial charge on any atom is 0.409 e. The molecule has 16 nitrogen and oxygen atoms in total. The van der Waals surface area contributed by atoms with E-state index < -0.39 is 53.8 Å². The summed E-state index contributed by atoms with van der Waals surface area (Å²) in [7, 11) is 1.21. The lowest BCUT2D eigenvalue weighted by atomic mass is 9.80. The van der Waals surface area contributed by atoms with Gasteiger partial charge in [0.1, 0.15) is 0 Å². The number of aromatic nitrogens is 1. The normalized spacial score (nSPS) is 16.3. The zero-order chi connectivity index (χ0) is 33.1. The van der Waals surface area contributed by atoms with Crippen LogP contribution in [0.5, 0.6) is 11.5 Å². The summed E-state index contributed by atoms with van der Waals surface area (Å²) in [6.45, 7) is 2.34. The van der Waals surface area contributed by atoms with Crippen LogP contribution in [0.15, 0.2) is 12.1 Å². The third-order valence-corrected chi connectivity index (χ3v) is 7.98. The molecule has 2 heterocycles. The molecule has 1 aromatic carbocycles. The summed E-state index contributed by atoms with van der Waals surface area (Å²) < 4.78 is 16.8. The molecule has 16 heteroatoms. The second-order valence-electron chi connectivity index (χ2n) is 10.7. The zero-order valence-corrected chi connectivity index (χ0v) is 24.7. The highest BCUT2D eigenvalue weighted by molar-refractivity contribution is 6.11. The van der Waals surface area contributed by atoms with Crippen LogP contribution in [0, 0.1) is 0 Å². The molecule has 1 unspecified atom stereocenters. The second-order valence-corrected chi connectivity index (χ2v) is 10.7. The maximum absolute atomic E-state index is 14.0. The number of hydrogen-bond acceptors (Lipinski definition) is 10. The summed E-state index contributed by atoms with van der Waals surface area (Å²) in [5.41, 5.74) is 2.90. The first-order valence-electron chi connectivity index (χ1n) is 14.3. The van der Waals surface area contributed by atoms with E-state index in [-0.39, 0.29) is 91.3 Å². The first-order chi connectivity index (χ1) is 21.3. The predicted octanol–water partition coefficient (Wildman–Crippen LogP) is 1.68. The van der Waals surface area contributed by atoms with Crippen LogP contribution in [0.1, 0.15) is 71.4 Å². The Labute approximate surface area is 256 Å². The lowest BCUT2D eigenvalue weighted by molar-refractivity contribution is -0.163.